The van der Waals surface area contributed by atoms with E-state index in [1.54, 1.807) is 11.0 Å². The van der Waals surface area contributed by atoms with Gasteiger partial charge in [-0.3, -0.25) is 14.4 Å². The van der Waals surface area contributed by atoms with Gasteiger partial charge in [0, 0.05) is 45.2 Å². The summed E-state index contributed by atoms with van der Waals surface area (Å²) in [5, 5.41) is 4.08. The minimum absolute atomic E-state index is 0.206. The molecule has 1 aromatic heterocycles. The average Bonchev–Trinajstić information content (AvgIpc) is 3.09. The molecule has 1 aliphatic heterocycles. The zero-order valence-corrected chi connectivity index (χ0v) is 16.8. The van der Waals surface area contributed by atoms with Gasteiger partial charge in [0.15, 0.2) is 0 Å². The van der Waals surface area contributed by atoms with Crippen LogP contribution in [0.1, 0.15) is 38.7 Å². The van der Waals surface area contributed by atoms with Crippen LogP contribution in [0.15, 0.2) is 36.9 Å². The van der Waals surface area contributed by atoms with Crippen LogP contribution in [-0.4, -0.2) is 56.1 Å². The zero-order chi connectivity index (χ0) is 19.9. The molecule has 7 heteroatoms. The van der Waals surface area contributed by atoms with E-state index in [1.165, 1.54) is 18.5 Å². The minimum atomic E-state index is -0.206. The average molecular weight is 388 g/mol. The SMILES string of the molecule is CC(C)[C@@H]1CN(C(=O)CCCn2cncn2)CCCN1Cc1ccc(F)cc1. The van der Waals surface area contributed by atoms with Crippen molar-refractivity contribution in [3.63, 3.8) is 0 Å². The highest BCUT2D eigenvalue weighted by atomic mass is 19.1. The topological polar surface area (TPSA) is 54.3 Å². The van der Waals surface area contributed by atoms with E-state index in [1.807, 2.05) is 17.0 Å². The Balaban J connectivity index is 1.58. The molecule has 0 bridgehead atoms. The Bertz CT molecular complexity index is 732. The van der Waals surface area contributed by atoms with Crippen LogP contribution < -0.4 is 0 Å². The van der Waals surface area contributed by atoms with E-state index >= 15 is 0 Å². The van der Waals surface area contributed by atoms with Crippen molar-refractivity contribution in [2.75, 3.05) is 19.6 Å². The first-order valence-corrected chi connectivity index (χ1v) is 10.1. The predicted molar refractivity (Wildman–Crippen MR) is 106 cm³/mol. The van der Waals surface area contributed by atoms with Gasteiger partial charge in [0.2, 0.25) is 5.91 Å². The molecule has 0 spiro atoms. The number of carbonyl (C=O) groups is 1. The standard InChI is InChI=1S/C21H30FN5O/c1-17(2)20-14-26(21(28)5-3-12-27-16-23-15-24-27)11-4-10-25(20)13-18-6-8-19(22)9-7-18/h6-9,15-17,20H,3-5,10-14H2,1-2H3/t20-/m0/s1. The van der Waals surface area contributed by atoms with Crippen LogP contribution in [0.2, 0.25) is 0 Å². The third kappa shape index (κ3) is 5.61. The highest BCUT2D eigenvalue weighted by Gasteiger charge is 2.29. The Hall–Kier alpha value is -2.28. The van der Waals surface area contributed by atoms with Crippen LogP contribution in [0.5, 0.6) is 0 Å². The van der Waals surface area contributed by atoms with Crippen molar-refractivity contribution < 1.29 is 9.18 Å². The molecular weight excluding hydrogens is 357 g/mol. The highest BCUT2D eigenvalue weighted by Crippen LogP contribution is 2.21. The summed E-state index contributed by atoms with van der Waals surface area (Å²) in [5.41, 5.74) is 1.11. The molecule has 1 saturated heterocycles. The fraction of sp³-hybridized carbons (Fsp3) is 0.571. The number of halogens is 1. The predicted octanol–water partition coefficient (Wildman–Crippen LogP) is 2.96. The molecule has 6 nitrogen and oxygen atoms in total. The van der Waals surface area contributed by atoms with Crippen LogP contribution in [-0.2, 0) is 17.9 Å². The Morgan fingerprint density at radius 3 is 2.71 bits per heavy atom. The van der Waals surface area contributed by atoms with Crippen LogP contribution in [0.4, 0.5) is 4.39 Å². The summed E-state index contributed by atoms with van der Waals surface area (Å²) in [7, 11) is 0. The molecule has 0 aliphatic carbocycles. The van der Waals surface area contributed by atoms with Crippen molar-refractivity contribution >= 4 is 5.91 Å². The monoisotopic (exact) mass is 387 g/mol. The van der Waals surface area contributed by atoms with Gasteiger partial charge in [-0.25, -0.2) is 9.37 Å². The lowest BCUT2D eigenvalue weighted by Crippen LogP contribution is -2.45. The van der Waals surface area contributed by atoms with Crippen molar-refractivity contribution in [2.45, 2.75) is 52.2 Å². The maximum absolute atomic E-state index is 13.2. The lowest BCUT2D eigenvalue weighted by molar-refractivity contribution is -0.131. The molecule has 2 heterocycles. The van der Waals surface area contributed by atoms with Gasteiger partial charge < -0.3 is 4.90 Å². The van der Waals surface area contributed by atoms with Gasteiger partial charge in [0.25, 0.3) is 0 Å². The van der Waals surface area contributed by atoms with Gasteiger partial charge >= 0.3 is 0 Å². The van der Waals surface area contributed by atoms with E-state index in [9.17, 15) is 9.18 Å². The summed E-state index contributed by atoms with van der Waals surface area (Å²) in [6.07, 6.45) is 5.45. The molecule has 1 amide bonds. The first-order valence-electron chi connectivity index (χ1n) is 10.1. The second-order valence-corrected chi connectivity index (χ2v) is 7.86. The number of hydrogen-bond donors (Lipinski definition) is 0. The zero-order valence-electron chi connectivity index (χ0n) is 16.8. The van der Waals surface area contributed by atoms with E-state index in [-0.39, 0.29) is 11.7 Å². The normalized spacial score (nSPS) is 18.4. The Morgan fingerprint density at radius 1 is 1.25 bits per heavy atom. The summed E-state index contributed by atoms with van der Waals surface area (Å²) >= 11 is 0. The molecule has 2 aromatic rings. The van der Waals surface area contributed by atoms with Gasteiger partial charge in [-0.05, 0) is 36.5 Å². The third-order valence-electron chi connectivity index (χ3n) is 5.42. The number of hydrogen-bond acceptors (Lipinski definition) is 4. The molecular formula is C21H30FN5O. The van der Waals surface area contributed by atoms with Gasteiger partial charge in [-0.1, -0.05) is 26.0 Å². The number of amides is 1. The second-order valence-electron chi connectivity index (χ2n) is 7.86. The van der Waals surface area contributed by atoms with Crippen molar-refractivity contribution in [1.82, 2.24) is 24.6 Å². The quantitative estimate of drug-likeness (QED) is 0.733. The van der Waals surface area contributed by atoms with Gasteiger partial charge in [0.1, 0.15) is 18.5 Å². The van der Waals surface area contributed by atoms with E-state index < -0.39 is 0 Å². The fourth-order valence-electron chi connectivity index (χ4n) is 3.84. The van der Waals surface area contributed by atoms with E-state index in [2.05, 4.69) is 28.8 Å². The van der Waals surface area contributed by atoms with Crippen LogP contribution in [0.25, 0.3) is 0 Å². The van der Waals surface area contributed by atoms with E-state index in [0.29, 0.717) is 24.9 Å². The van der Waals surface area contributed by atoms with Crippen LogP contribution in [0.3, 0.4) is 0 Å². The van der Waals surface area contributed by atoms with Gasteiger partial charge in [0.05, 0.1) is 0 Å². The van der Waals surface area contributed by atoms with Crippen molar-refractivity contribution in [2.24, 2.45) is 5.92 Å². The minimum Gasteiger partial charge on any atom is -0.341 e. The van der Waals surface area contributed by atoms with Crippen LogP contribution in [0, 0.1) is 11.7 Å². The molecule has 1 aliphatic rings. The van der Waals surface area contributed by atoms with Gasteiger partial charge in [-0.15, -0.1) is 0 Å². The smallest absolute Gasteiger partial charge is 0.222 e. The summed E-state index contributed by atoms with van der Waals surface area (Å²) in [6.45, 7) is 8.42. The summed E-state index contributed by atoms with van der Waals surface area (Å²) in [6, 6.07) is 7.03. The molecule has 28 heavy (non-hydrogen) atoms. The van der Waals surface area contributed by atoms with Crippen molar-refractivity contribution in [1.29, 1.82) is 0 Å². The van der Waals surface area contributed by atoms with E-state index in [0.717, 1.165) is 44.6 Å². The molecule has 3 rings (SSSR count). The number of aromatic nitrogens is 3. The number of rotatable bonds is 7. The van der Waals surface area contributed by atoms with E-state index in [4.69, 9.17) is 0 Å². The molecule has 152 valence electrons. The molecule has 1 aromatic carbocycles. The molecule has 1 fully saturated rings. The second kappa shape index (κ2) is 9.78. The molecule has 0 unspecified atom stereocenters. The number of carbonyl (C=O) groups excluding carboxylic acids is 1. The fourth-order valence-corrected chi connectivity index (χ4v) is 3.84. The van der Waals surface area contributed by atoms with Gasteiger partial charge in [-0.2, -0.15) is 5.10 Å². The number of aryl methyl sites for hydroxylation is 1. The largest absolute Gasteiger partial charge is 0.341 e. The Kier molecular flexibility index (Phi) is 7.14. The molecule has 0 radical (unpaired) electrons. The summed E-state index contributed by atoms with van der Waals surface area (Å²) < 4.78 is 15.0. The lowest BCUT2D eigenvalue weighted by Gasteiger charge is -2.34. The summed E-state index contributed by atoms with van der Waals surface area (Å²) in [4.78, 5) is 21.2. The Morgan fingerprint density at radius 2 is 2.04 bits per heavy atom. The molecule has 0 saturated carbocycles. The lowest BCUT2D eigenvalue weighted by atomic mass is 10.0. The molecule has 1 atom stereocenters. The third-order valence-corrected chi connectivity index (χ3v) is 5.42. The number of benzene rings is 1. The highest BCUT2D eigenvalue weighted by molar-refractivity contribution is 5.76. The summed E-state index contributed by atoms with van der Waals surface area (Å²) in [5.74, 6) is 0.445. The van der Waals surface area contributed by atoms with Crippen LogP contribution >= 0.6 is 0 Å². The maximum atomic E-state index is 13.2. The first-order chi connectivity index (χ1) is 13.5. The maximum Gasteiger partial charge on any atom is 0.222 e. The van der Waals surface area contributed by atoms with Crippen molar-refractivity contribution in [3.05, 3.63) is 48.3 Å². The van der Waals surface area contributed by atoms with Crippen molar-refractivity contribution in [3.8, 4) is 0 Å². The number of nitrogens with zero attached hydrogens (tertiary/aromatic N) is 5. The Labute approximate surface area is 166 Å². The first kappa shape index (κ1) is 20.5. The molecule has 0 N–H and O–H groups in total.